The molecule has 1 heterocycles. The van der Waals surface area contributed by atoms with Crippen LogP contribution >= 0.6 is 0 Å². The second-order valence-electron chi connectivity index (χ2n) is 6.91. The first kappa shape index (κ1) is 17.2. The molecule has 1 unspecified atom stereocenters. The molecule has 2 rings (SSSR count). The van der Waals surface area contributed by atoms with E-state index in [4.69, 9.17) is 0 Å². The predicted molar refractivity (Wildman–Crippen MR) is 86.3 cm³/mol. The van der Waals surface area contributed by atoms with Gasteiger partial charge >= 0.3 is 0 Å². The smallest absolute Gasteiger partial charge is 0.279 e. The van der Waals surface area contributed by atoms with Gasteiger partial charge in [-0.1, -0.05) is 27.2 Å². The van der Waals surface area contributed by atoms with E-state index in [0.29, 0.717) is 19.0 Å². The van der Waals surface area contributed by atoms with Gasteiger partial charge < -0.3 is 5.32 Å². The fourth-order valence-corrected chi connectivity index (χ4v) is 4.82. The fraction of sp³-hybridized carbons (Fsp3) is 1.00. The molecule has 5 nitrogen and oxygen atoms in total. The molecule has 1 saturated carbocycles. The molecule has 21 heavy (non-hydrogen) atoms. The third-order valence-corrected chi connectivity index (χ3v) is 6.84. The summed E-state index contributed by atoms with van der Waals surface area (Å²) >= 11 is 0. The highest BCUT2D eigenvalue weighted by Gasteiger charge is 2.46. The number of likely N-dealkylation sites (N-methyl/N-ethyl adjacent to an activating group) is 1. The molecule has 124 valence electrons. The van der Waals surface area contributed by atoms with E-state index < -0.39 is 10.2 Å². The Balaban J connectivity index is 1.96. The van der Waals surface area contributed by atoms with Crippen molar-refractivity contribution in [1.82, 2.24) is 14.3 Å². The molecular weight excluding hydrogens is 286 g/mol. The third kappa shape index (κ3) is 4.18. The Hall–Kier alpha value is -0.170. The second kappa shape index (κ2) is 6.94. The molecule has 2 aliphatic rings. The minimum Gasteiger partial charge on any atom is -0.315 e. The molecule has 0 aromatic carbocycles. The largest absolute Gasteiger partial charge is 0.315 e. The number of nitrogens with zero attached hydrogens (tertiary/aromatic N) is 1. The molecule has 0 bridgehead atoms. The molecule has 1 saturated heterocycles. The maximum absolute atomic E-state index is 12.6. The molecule has 0 aromatic rings. The average Bonchev–Trinajstić information content (AvgIpc) is 3.25. The van der Waals surface area contributed by atoms with E-state index in [2.05, 4.69) is 30.8 Å². The first-order chi connectivity index (χ1) is 9.91. The van der Waals surface area contributed by atoms with Crippen LogP contribution in [0.3, 0.4) is 0 Å². The molecule has 1 aliphatic heterocycles. The third-order valence-electron chi connectivity index (χ3n) is 5.24. The van der Waals surface area contributed by atoms with Gasteiger partial charge in [-0.05, 0) is 43.6 Å². The van der Waals surface area contributed by atoms with Crippen LogP contribution in [0.4, 0.5) is 0 Å². The van der Waals surface area contributed by atoms with Crippen molar-refractivity contribution >= 4 is 10.2 Å². The number of rotatable bonds is 8. The second-order valence-corrected chi connectivity index (χ2v) is 8.62. The zero-order valence-corrected chi connectivity index (χ0v) is 14.5. The van der Waals surface area contributed by atoms with Crippen LogP contribution in [-0.2, 0) is 10.2 Å². The van der Waals surface area contributed by atoms with Crippen molar-refractivity contribution in [3.05, 3.63) is 0 Å². The number of hydrogen-bond acceptors (Lipinski definition) is 3. The van der Waals surface area contributed by atoms with Crippen molar-refractivity contribution in [1.29, 1.82) is 0 Å². The van der Waals surface area contributed by atoms with Crippen molar-refractivity contribution in [2.24, 2.45) is 11.3 Å². The summed E-state index contributed by atoms with van der Waals surface area (Å²) in [4.78, 5) is 0. The van der Waals surface area contributed by atoms with Crippen molar-refractivity contribution in [3.63, 3.8) is 0 Å². The van der Waals surface area contributed by atoms with Gasteiger partial charge in [0.05, 0.1) is 0 Å². The van der Waals surface area contributed by atoms with Crippen LogP contribution in [0, 0.1) is 11.3 Å². The Labute approximate surface area is 130 Å². The summed E-state index contributed by atoms with van der Waals surface area (Å²) in [5.74, 6) is 0.541. The molecule has 2 N–H and O–H groups in total. The van der Waals surface area contributed by atoms with Gasteiger partial charge in [0.2, 0.25) is 0 Å². The first-order valence-corrected chi connectivity index (χ1v) is 9.82. The number of hydrogen-bond donors (Lipinski definition) is 2. The van der Waals surface area contributed by atoms with Gasteiger partial charge in [-0.2, -0.15) is 12.7 Å². The van der Waals surface area contributed by atoms with Gasteiger partial charge in [-0.25, -0.2) is 4.72 Å². The molecular formula is C15H31N3O2S. The summed E-state index contributed by atoms with van der Waals surface area (Å²) < 4.78 is 29.9. The van der Waals surface area contributed by atoms with Crippen LogP contribution in [0.2, 0.25) is 0 Å². The van der Waals surface area contributed by atoms with Gasteiger partial charge in [0.15, 0.2) is 0 Å². The van der Waals surface area contributed by atoms with Gasteiger partial charge in [0, 0.05) is 25.7 Å². The minimum absolute atomic E-state index is 0.102. The summed E-state index contributed by atoms with van der Waals surface area (Å²) in [6.07, 6.45) is 5.35. The zero-order valence-electron chi connectivity index (χ0n) is 13.7. The highest BCUT2D eigenvalue weighted by molar-refractivity contribution is 7.87. The van der Waals surface area contributed by atoms with Gasteiger partial charge in [0.1, 0.15) is 0 Å². The van der Waals surface area contributed by atoms with Crippen molar-refractivity contribution in [2.75, 3.05) is 26.2 Å². The molecule has 6 heteroatoms. The van der Waals surface area contributed by atoms with E-state index in [1.807, 2.05) is 0 Å². The van der Waals surface area contributed by atoms with E-state index in [1.165, 1.54) is 0 Å². The lowest BCUT2D eigenvalue weighted by Crippen LogP contribution is -2.53. The number of nitrogens with one attached hydrogen (secondary N) is 2. The van der Waals surface area contributed by atoms with Crippen molar-refractivity contribution in [3.8, 4) is 0 Å². The summed E-state index contributed by atoms with van der Waals surface area (Å²) in [5.41, 5.74) is 0.208. The van der Waals surface area contributed by atoms with E-state index >= 15 is 0 Å². The van der Waals surface area contributed by atoms with Crippen LogP contribution in [0.25, 0.3) is 0 Å². The molecule has 0 spiro atoms. The summed E-state index contributed by atoms with van der Waals surface area (Å²) in [6.45, 7) is 9.32. The lowest BCUT2D eigenvalue weighted by Gasteiger charge is -2.35. The minimum atomic E-state index is -3.35. The van der Waals surface area contributed by atoms with Crippen molar-refractivity contribution < 1.29 is 8.42 Å². The zero-order chi connectivity index (χ0) is 15.5. The predicted octanol–water partition coefficient (Wildman–Crippen LogP) is 1.72. The lowest BCUT2D eigenvalue weighted by atomic mass is 9.93. The molecule has 2 fully saturated rings. The maximum Gasteiger partial charge on any atom is 0.279 e. The average molecular weight is 317 g/mol. The highest BCUT2D eigenvalue weighted by atomic mass is 32.2. The van der Waals surface area contributed by atoms with E-state index in [9.17, 15) is 8.42 Å². The van der Waals surface area contributed by atoms with Crippen LogP contribution in [0.5, 0.6) is 0 Å². The van der Waals surface area contributed by atoms with Crippen LogP contribution in [-0.4, -0.2) is 44.9 Å². The van der Waals surface area contributed by atoms with Gasteiger partial charge in [0.25, 0.3) is 10.2 Å². The van der Waals surface area contributed by atoms with Crippen molar-refractivity contribution in [2.45, 2.75) is 58.9 Å². The van der Waals surface area contributed by atoms with Gasteiger partial charge in [-0.3, -0.25) is 0 Å². The Morgan fingerprint density at radius 2 is 2.00 bits per heavy atom. The van der Waals surface area contributed by atoms with Crippen LogP contribution < -0.4 is 10.0 Å². The molecule has 0 radical (unpaired) electrons. The Kier molecular flexibility index (Phi) is 5.68. The highest BCUT2D eigenvalue weighted by Crippen LogP contribution is 2.51. The molecule has 0 amide bonds. The van der Waals surface area contributed by atoms with E-state index in [1.54, 1.807) is 4.31 Å². The lowest BCUT2D eigenvalue weighted by molar-refractivity contribution is 0.241. The van der Waals surface area contributed by atoms with Gasteiger partial charge in [-0.15, -0.1) is 0 Å². The van der Waals surface area contributed by atoms with E-state index in [-0.39, 0.29) is 11.5 Å². The number of piperidine rings is 1. The summed E-state index contributed by atoms with van der Waals surface area (Å²) in [6, 6.07) is 0.102. The van der Waals surface area contributed by atoms with E-state index in [0.717, 1.165) is 45.2 Å². The van der Waals surface area contributed by atoms with Crippen LogP contribution in [0.15, 0.2) is 0 Å². The Morgan fingerprint density at radius 1 is 1.29 bits per heavy atom. The van der Waals surface area contributed by atoms with Crippen LogP contribution in [0.1, 0.15) is 52.9 Å². The standard InChI is InChI=1S/C15H31N3O2S/c1-4-16-11-14-7-5-6-10-18(14)21(19,20)17-12-15(8-9-15)13(2)3/h13-14,16-17H,4-12H2,1-3H3. The quantitative estimate of drug-likeness (QED) is 0.716. The maximum atomic E-state index is 12.6. The Morgan fingerprint density at radius 3 is 2.57 bits per heavy atom. The molecule has 1 atom stereocenters. The fourth-order valence-electron chi connectivity index (χ4n) is 3.24. The summed E-state index contributed by atoms with van der Waals surface area (Å²) in [5, 5.41) is 3.29. The first-order valence-electron chi connectivity index (χ1n) is 8.38. The molecule has 0 aromatic heterocycles. The topological polar surface area (TPSA) is 61.4 Å². The SMILES string of the molecule is CCNCC1CCCCN1S(=O)(=O)NCC1(C(C)C)CC1. The normalized spacial score (nSPS) is 26.2. The monoisotopic (exact) mass is 317 g/mol. The Bertz CT molecular complexity index is 432. The summed E-state index contributed by atoms with van der Waals surface area (Å²) in [7, 11) is -3.35. The molecule has 1 aliphatic carbocycles.